The van der Waals surface area contributed by atoms with Crippen LogP contribution in [0, 0.1) is 5.82 Å². The number of carbonyl (C=O) groups excluding carboxylic acids is 1. The summed E-state index contributed by atoms with van der Waals surface area (Å²) in [5, 5.41) is 0. The first-order valence-electron chi connectivity index (χ1n) is 11.3. The molecule has 0 atom stereocenters. The van der Waals surface area contributed by atoms with Gasteiger partial charge in [-0.25, -0.2) is 4.39 Å². The van der Waals surface area contributed by atoms with Gasteiger partial charge in [-0.2, -0.15) is 0 Å². The number of halogens is 1. The molecule has 1 aliphatic heterocycles. The number of ether oxygens (including phenoxy) is 2. The van der Waals surface area contributed by atoms with E-state index in [1.807, 2.05) is 42.5 Å². The van der Waals surface area contributed by atoms with E-state index < -0.39 is 5.82 Å². The Bertz CT molecular complexity index is 1200. The summed E-state index contributed by atoms with van der Waals surface area (Å²) in [7, 11) is 5.22. The number of hydrogen-bond acceptors (Lipinski definition) is 5. The molecular weight excluding hydrogens is 431 g/mol. The number of ketones is 1. The standard InChI is InChI=1S/C28H29FN2O3/c1-30-13-15-31(16-14-30)27-11-8-22(21-5-4-6-23(17-21)33-2)18-25(27)28(32)12-9-20-7-10-24(34-3)19-26(20)29/h4-12,17-19H,13-16H2,1-3H3/b12-9+. The quantitative estimate of drug-likeness (QED) is 0.360. The van der Waals surface area contributed by atoms with Gasteiger partial charge in [0.15, 0.2) is 5.78 Å². The van der Waals surface area contributed by atoms with Crippen LogP contribution >= 0.6 is 0 Å². The molecule has 1 aliphatic rings. The van der Waals surface area contributed by atoms with E-state index in [1.54, 1.807) is 19.2 Å². The number of anilines is 1. The highest BCUT2D eigenvalue weighted by atomic mass is 19.1. The first-order chi connectivity index (χ1) is 16.5. The maximum atomic E-state index is 14.4. The van der Waals surface area contributed by atoms with Crippen molar-refractivity contribution in [1.29, 1.82) is 0 Å². The second-order valence-electron chi connectivity index (χ2n) is 8.34. The number of likely N-dealkylation sites (N-methyl/N-ethyl adjacent to an activating group) is 1. The summed E-state index contributed by atoms with van der Waals surface area (Å²) in [5.74, 6) is 0.578. The van der Waals surface area contributed by atoms with Crippen molar-refractivity contribution in [3.05, 3.63) is 83.7 Å². The zero-order valence-electron chi connectivity index (χ0n) is 19.8. The highest BCUT2D eigenvalue weighted by Crippen LogP contribution is 2.31. The number of allylic oxidation sites excluding steroid dienone is 1. The number of carbonyl (C=O) groups is 1. The molecule has 176 valence electrons. The van der Waals surface area contributed by atoms with Gasteiger partial charge in [0.05, 0.1) is 14.2 Å². The summed E-state index contributed by atoms with van der Waals surface area (Å²) < 4.78 is 24.8. The van der Waals surface area contributed by atoms with E-state index in [0.29, 0.717) is 16.9 Å². The van der Waals surface area contributed by atoms with Gasteiger partial charge in [0.1, 0.15) is 17.3 Å². The molecular formula is C28H29FN2O3. The third kappa shape index (κ3) is 5.29. The highest BCUT2D eigenvalue weighted by molar-refractivity contribution is 6.11. The van der Waals surface area contributed by atoms with Gasteiger partial charge < -0.3 is 19.3 Å². The Hall–Kier alpha value is -3.64. The maximum absolute atomic E-state index is 14.4. The van der Waals surface area contributed by atoms with E-state index in [-0.39, 0.29) is 5.78 Å². The molecule has 0 aliphatic carbocycles. The first-order valence-corrected chi connectivity index (χ1v) is 11.3. The molecule has 0 saturated carbocycles. The maximum Gasteiger partial charge on any atom is 0.187 e. The number of piperazine rings is 1. The molecule has 1 fully saturated rings. The van der Waals surface area contributed by atoms with Gasteiger partial charge in [-0.3, -0.25) is 4.79 Å². The molecule has 1 saturated heterocycles. The van der Waals surface area contributed by atoms with E-state index in [2.05, 4.69) is 16.8 Å². The van der Waals surface area contributed by atoms with Gasteiger partial charge in [0.25, 0.3) is 0 Å². The van der Waals surface area contributed by atoms with Crippen LogP contribution < -0.4 is 14.4 Å². The smallest absolute Gasteiger partial charge is 0.187 e. The van der Waals surface area contributed by atoms with Crippen molar-refractivity contribution in [2.75, 3.05) is 52.3 Å². The SMILES string of the molecule is COc1cccc(-c2ccc(N3CCN(C)CC3)c(C(=O)/C=C/c3ccc(OC)cc3F)c2)c1. The van der Waals surface area contributed by atoms with Gasteiger partial charge in [-0.15, -0.1) is 0 Å². The van der Waals surface area contributed by atoms with Crippen LogP contribution in [0.4, 0.5) is 10.1 Å². The molecule has 0 bridgehead atoms. The number of rotatable bonds is 7. The summed E-state index contributed by atoms with van der Waals surface area (Å²) in [6, 6.07) is 18.3. The van der Waals surface area contributed by atoms with Crippen molar-refractivity contribution < 1.29 is 18.7 Å². The van der Waals surface area contributed by atoms with Gasteiger partial charge in [-0.1, -0.05) is 18.2 Å². The Kier molecular flexibility index (Phi) is 7.28. The lowest BCUT2D eigenvalue weighted by atomic mass is 9.98. The Morgan fingerprint density at radius 2 is 1.59 bits per heavy atom. The predicted octanol–water partition coefficient (Wildman–Crippen LogP) is 5.16. The Morgan fingerprint density at radius 1 is 0.882 bits per heavy atom. The molecule has 0 radical (unpaired) electrons. The Morgan fingerprint density at radius 3 is 2.29 bits per heavy atom. The summed E-state index contributed by atoms with van der Waals surface area (Å²) in [6.07, 6.45) is 2.96. The number of benzene rings is 3. The van der Waals surface area contributed by atoms with Crippen LogP contribution in [0.25, 0.3) is 17.2 Å². The monoisotopic (exact) mass is 460 g/mol. The average molecular weight is 461 g/mol. The van der Waals surface area contributed by atoms with Crippen LogP contribution in [0.15, 0.2) is 66.7 Å². The fraction of sp³-hybridized carbons (Fsp3) is 0.250. The predicted molar refractivity (Wildman–Crippen MR) is 134 cm³/mol. The fourth-order valence-corrected chi connectivity index (χ4v) is 4.06. The van der Waals surface area contributed by atoms with Crippen molar-refractivity contribution in [1.82, 2.24) is 4.90 Å². The van der Waals surface area contributed by atoms with Crippen LogP contribution in [0.2, 0.25) is 0 Å². The summed E-state index contributed by atoms with van der Waals surface area (Å²) in [6.45, 7) is 3.54. The van der Waals surface area contributed by atoms with E-state index in [4.69, 9.17) is 9.47 Å². The average Bonchev–Trinajstić information content (AvgIpc) is 2.88. The van der Waals surface area contributed by atoms with Gasteiger partial charge in [-0.05, 0) is 66.7 Å². The molecule has 4 rings (SSSR count). The van der Waals surface area contributed by atoms with Crippen molar-refractivity contribution in [3.8, 4) is 22.6 Å². The lowest BCUT2D eigenvalue weighted by Crippen LogP contribution is -2.45. The number of hydrogen-bond donors (Lipinski definition) is 0. The van der Waals surface area contributed by atoms with Crippen molar-refractivity contribution in [2.24, 2.45) is 0 Å². The summed E-state index contributed by atoms with van der Waals surface area (Å²) in [4.78, 5) is 17.9. The van der Waals surface area contributed by atoms with Crippen LogP contribution in [0.1, 0.15) is 15.9 Å². The van der Waals surface area contributed by atoms with Crippen LogP contribution in [-0.4, -0.2) is 58.1 Å². The molecule has 3 aromatic rings. The molecule has 1 heterocycles. The highest BCUT2D eigenvalue weighted by Gasteiger charge is 2.20. The molecule has 0 amide bonds. The second-order valence-corrected chi connectivity index (χ2v) is 8.34. The van der Waals surface area contributed by atoms with Gasteiger partial charge in [0, 0.05) is 49.1 Å². The first kappa shape index (κ1) is 23.5. The van der Waals surface area contributed by atoms with E-state index in [0.717, 1.165) is 48.7 Å². The third-order valence-corrected chi connectivity index (χ3v) is 6.13. The minimum atomic E-state index is -0.437. The van der Waals surface area contributed by atoms with Crippen LogP contribution in [0.3, 0.4) is 0 Å². The van der Waals surface area contributed by atoms with Crippen LogP contribution in [0.5, 0.6) is 11.5 Å². The molecule has 0 spiro atoms. The molecule has 3 aromatic carbocycles. The zero-order chi connectivity index (χ0) is 24.1. The van der Waals surface area contributed by atoms with Gasteiger partial charge >= 0.3 is 0 Å². The molecule has 34 heavy (non-hydrogen) atoms. The van der Waals surface area contributed by atoms with Crippen molar-refractivity contribution in [3.63, 3.8) is 0 Å². The van der Waals surface area contributed by atoms with Crippen molar-refractivity contribution >= 4 is 17.5 Å². The topological polar surface area (TPSA) is 42.0 Å². The summed E-state index contributed by atoms with van der Waals surface area (Å²) >= 11 is 0. The van der Waals surface area contributed by atoms with E-state index in [1.165, 1.54) is 25.3 Å². The second kappa shape index (κ2) is 10.5. The number of nitrogens with zero attached hydrogens (tertiary/aromatic N) is 2. The van der Waals surface area contributed by atoms with E-state index >= 15 is 0 Å². The molecule has 5 nitrogen and oxygen atoms in total. The normalized spacial score (nSPS) is 14.4. The lowest BCUT2D eigenvalue weighted by molar-refractivity contribution is 0.104. The molecule has 0 N–H and O–H groups in total. The number of methoxy groups -OCH3 is 2. The van der Waals surface area contributed by atoms with Crippen molar-refractivity contribution in [2.45, 2.75) is 0 Å². The van der Waals surface area contributed by atoms with Crippen LogP contribution in [-0.2, 0) is 0 Å². The lowest BCUT2D eigenvalue weighted by Gasteiger charge is -2.35. The minimum absolute atomic E-state index is 0.172. The zero-order valence-corrected chi connectivity index (χ0v) is 19.8. The third-order valence-electron chi connectivity index (χ3n) is 6.13. The molecule has 0 unspecified atom stereocenters. The Balaban J connectivity index is 1.70. The summed E-state index contributed by atoms with van der Waals surface area (Å²) in [5.41, 5.74) is 3.70. The molecule has 6 heteroatoms. The molecule has 0 aromatic heterocycles. The van der Waals surface area contributed by atoms with Gasteiger partial charge in [0.2, 0.25) is 0 Å². The Labute approximate surface area is 200 Å². The minimum Gasteiger partial charge on any atom is -0.497 e. The largest absolute Gasteiger partial charge is 0.497 e. The fourth-order valence-electron chi connectivity index (χ4n) is 4.06. The van der Waals surface area contributed by atoms with E-state index in [9.17, 15) is 9.18 Å².